The molecule has 0 aliphatic heterocycles. The van der Waals surface area contributed by atoms with Crippen LogP contribution in [0.2, 0.25) is 0 Å². The van der Waals surface area contributed by atoms with Gasteiger partial charge in [-0.3, -0.25) is 4.79 Å². The Hall–Kier alpha value is -3.84. The van der Waals surface area contributed by atoms with E-state index in [2.05, 4.69) is 67.2 Å². The number of nitrogens with one attached hydrogen (secondary N) is 1. The second-order valence-corrected chi connectivity index (χ2v) is 13.8. The van der Waals surface area contributed by atoms with Gasteiger partial charge in [-0.25, -0.2) is 14.8 Å². The predicted molar refractivity (Wildman–Crippen MR) is 174 cm³/mol. The van der Waals surface area contributed by atoms with Crippen molar-refractivity contribution in [3.8, 4) is 22.5 Å². The molecule has 2 heterocycles. The second-order valence-electron chi connectivity index (χ2n) is 12.7. The highest BCUT2D eigenvalue weighted by molar-refractivity contribution is 7.14. The Bertz CT molecular complexity index is 1530. The number of carboxylic acid groups (broad SMARTS) is 1. The van der Waals surface area contributed by atoms with Crippen molar-refractivity contribution in [2.24, 2.45) is 5.92 Å². The van der Waals surface area contributed by atoms with E-state index >= 15 is 0 Å². The van der Waals surface area contributed by atoms with Crippen LogP contribution in [0.5, 0.6) is 0 Å². The largest absolute Gasteiger partial charge is 0.480 e. The van der Waals surface area contributed by atoms with Crippen molar-refractivity contribution in [2.45, 2.75) is 83.6 Å². The van der Waals surface area contributed by atoms with Crippen LogP contribution in [-0.4, -0.2) is 33.0 Å². The Kier molecular flexibility index (Phi) is 9.40. The van der Waals surface area contributed by atoms with Gasteiger partial charge in [-0.2, -0.15) is 0 Å². The summed E-state index contributed by atoms with van der Waals surface area (Å²) in [5.74, 6) is 0.737. The molecule has 6 nitrogen and oxygen atoms in total. The first-order chi connectivity index (χ1) is 20.6. The molecular weight excluding hydrogens is 554 g/mol. The number of carbonyl (C=O) groups excluding carboxylic acids is 1. The van der Waals surface area contributed by atoms with E-state index < -0.39 is 12.0 Å². The summed E-state index contributed by atoms with van der Waals surface area (Å²) in [4.78, 5) is 35.6. The van der Waals surface area contributed by atoms with Crippen LogP contribution in [0.4, 0.5) is 0 Å². The minimum atomic E-state index is -1.07. The minimum absolute atomic E-state index is 0.0697. The lowest BCUT2D eigenvalue weighted by Gasteiger charge is -2.28. The van der Waals surface area contributed by atoms with Gasteiger partial charge in [0.25, 0.3) is 5.91 Å². The van der Waals surface area contributed by atoms with E-state index in [1.165, 1.54) is 49.0 Å². The second kappa shape index (κ2) is 13.2. The molecule has 7 heteroatoms. The highest BCUT2D eigenvalue weighted by Crippen LogP contribution is 2.37. The smallest absolute Gasteiger partial charge is 0.326 e. The van der Waals surface area contributed by atoms with Crippen molar-refractivity contribution in [2.75, 3.05) is 0 Å². The number of amides is 1. The molecule has 2 aromatic heterocycles. The van der Waals surface area contributed by atoms with Gasteiger partial charge in [0.1, 0.15) is 6.04 Å². The fourth-order valence-electron chi connectivity index (χ4n) is 5.80. The topological polar surface area (TPSA) is 92.2 Å². The molecule has 1 atom stereocenters. The molecule has 4 aromatic rings. The van der Waals surface area contributed by atoms with Crippen LogP contribution in [0.1, 0.15) is 91.4 Å². The SMILES string of the molecule is CCC1CCC(c2ccc(-c3cnc(-c4ccc(C[C@H](NC(=O)c5ccc(C(C)(C)C)s5)C(=O)O)cc4)nc3)cc2)CC1. The molecule has 1 amide bonds. The van der Waals surface area contributed by atoms with Crippen LogP contribution >= 0.6 is 11.3 Å². The van der Waals surface area contributed by atoms with Crippen molar-refractivity contribution in [1.29, 1.82) is 0 Å². The monoisotopic (exact) mass is 595 g/mol. The Morgan fingerprint density at radius 1 is 0.884 bits per heavy atom. The van der Waals surface area contributed by atoms with Crippen LogP contribution in [0, 0.1) is 5.92 Å². The van der Waals surface area contributed by atoms with Crippen molar-refractivity contribution in [3.05, 3.63) is 93.9 Å². The highest BCUT2D eigenvalue weighted by Gasteiger charge is 2.24. The first-order valence-corrected chi connectivity index (χ1v) is 16.1. The molecule has 2 aromatic carbocycles. The number of benzene rings is 2. The third kappa shape index (κ3) is 7.57. The van der Waals surface area contributed by atoms with Gasteiger partial charge >= 0.3 is 5.97 Å². The molecular formula is C36H41N3O3S. The van der Waals surface area contributed by atoms with E-state index in [1.54, 1.807) is 6.07 Å². The summed E-state index contributed by atoms with van der Waals surface area (Å²) in [5, 5.41) is 12.5. The Labute approximate surface area is 258 Å². The average molecular weight is 596 g/mol. The van der Waals surface area contributed by atoms with Gasteiger partial charge < -0.3 is 10.4 Å². The van der Waals surface area contributed by atoms with Crippen LogP contribution in [0.25, 0.3) is 22.5 Å². The fourth-order valence-corrected chi connectivity index (χ4v) is 6.76. The first-order valence-electron chi connectivity index (χ1n) is 15.3. The van der Waals surface area contributed by atoms with Crippen LogP contribution < -0.4 is 5.32 Å². The van der Waals surface area contributed by atoms with Crippen molar-refractivity contribution in [1.82, 2.24) is 15.3 Å². The fraction of sp³-hybridized carbons (Fsp3) is 0.389. The number of aliphatic carboxylic acids is 1. The number of thiophene rings is 1. The number of carboxylic acids is 1. The lowest BCUT2D eigenvalue weighted by Crippen LogP contribution is -2.42. The van der Waals surface area contributed by atoms with Gasteiger partial charge in [0.15, 0.2) is 5.82 Å². The number of hydrogen-bond donors (Lipinski definition) is 2. The van der Waals surface area contributed by atoms with Gasteiger partial charge in [0, 0.05) is 34.8 Å². The van der Waals surface area contributed by atoms with Crippen LogP contribution in [-0.2, 0) is 16.6 Å². The van der Waals surface area contributed by atoms with E-state index in [0.717, 1.165) is 33.0 Å². The van der Waals surface area contributed by atoms with Crippen molar-refractivity contribution in [3.63, 3.8) is 0 Å². The quantitative estimate of drug-likeness (QED) is 0.203. The maximum absolute atomic E-state index is 12.8. The molecule has 0 bridgehead atoms. The molecule has 43 heavy (non-hydrogen) atoms. The van der Waals surface area contributed by atoms with Crippen LogP contribution in [0.3, 0.4) is 0 Å². The molecule has 0 spiro atoms. The predicted octanol–water partition coefficient (Wildman–Crippen LogP) is 8.28. The standard InChI is InChI=1S/C36H41N3O3S/c1-5-23-6-10-25(11-7-23)26-14-16-27(17-15-26)29-21-37-33(38-22-29)28-12-8-24(9-13-28)20-30(35(41)42)39-34(40)31-18-19-32(43-31)36(2,3)4/h8-9,12-19,21-23,25,30H,5-7,10-11,20H2,1-4H3,(H,39,40)(H,41,42)/t23?,25?,30-/m0/s1. The van der Waals surface area contributed by atoms with Crippen molar-refractivity contribution >= 4 is 23.2 Å². The molecule has 1 fully saturated rings. The summed E-state index contributed by atoms with van der Waals surface area (Å²) >= 11 is 1.40. The average Bonchev–Trinajstić information content (AvgIpc) is 3.53. The van der Waals surface area contributed by atoms with Gasteiger partial charge in [-0.15, -0.1) is 11.3 Å². The third-order valence-corrected chi connectivity index (χ3v) is 10.1. The van der Waals surface area contributed by atoms with E-state index in [-0.39, 0.29) is 17.7 Å². The minimum Gasteiger partial charge on any atom is -0.480 e. The molecule has 1 saturated carbocycles. The number of nitrogens with zero attached hydrogens (tertiary/aromatic N) is 2. The molecule has 1 aliphatic rings. The Morgan fingerprint density at radius 2 is 1.51 bits per heavy atom. The summed E-state index contributed by atoms with van der Waals surface area (Å²) in [6.45, 7) is 8.55. The first kappa shape index (κ1) is 30.6. The molecule has 2 N–H and O–H groups in total. The molecule has 0 unspecified atom stereocenters. The maximum Gasteiger partial charge on any atom is 0.326 e. The van der Waals surface area contributed by atoms with Gasteiger partial charge in [-0.1, -0.05) is 82.6 Å². The van der Waals surface area contributed by atoms with E-state index in [9.17, 15) is 14.7 Å². The summed E-state index contributed by atoms with van der Waals surface area (Å²) in [6.07, 6.45) is 10.4. The zero-order chi connectivity index (χ0) is 30.6. The van der Waals surface area contributed by atoms with E-state index in [1.807, 2.05) is 42.7 Å². The van der Waals surface area contributed by atoms with Gasteiger partial charge in [-0.05, 0) is 71.8 Å². The summed E-state index contributed by atoms with van der Waals surface area (Å²) in [7, 11) is 0. The molecule has 0 radical (unpaired) electrons. The molecule has 224 valence electrons. The summed E-state index contributed by atoms with van der Waals surface area (Å²) in [6, 6.07) is 19.0. The van der Waals surface area contributed by atoms with Gasteiger partial charge in [0.2, 0.25) is 0 Å². The Morgan fingerprint density at radius 3 is 2.07 bits per heavy atom. The van der Waals surface area contributed by atoms with E-state index in [4.69, 9.17) is 0 Å². The number of carbonyl (C=O) groups is 2. The molecule has 0 saturated heterocycles. The zero-order valence-electron chi connectivity index (χ0n) is 25.5. The summed E-state index contributed by atoms with van der Waals surface area (Å²) in [5.41, 5.74) is 5.09. The van der Waals surface area contributed by atoms with Crippen molar-refractivity contribution < 1.29 is 14.7 Å². The Balaban J connectivity index is 1.19. The van der Waals surface area contributed by atoms with E-state index in [0.29, 0.717) is 16.6 Å². The third-order valence-electron chi connectivity index (χ3n) is 8.62. The normalized spacial score (nSPS) is 17.8. The van der Waals surface area contributed by atoms with Crippen LogP contribution in [0.15, 0.2) is 73.1 Å². The lowest BCUT2D eigenvalue weighted by molar-refractivity contribution is -0.139. The molecule has 5 rings (SSSR count). The number of aromatic nitrogens is 2. The zero-order valence-corrected chi connectivity index (χ0v) is 26.3. The van der Waals surface area contributed by atoms with Gasteiger partial charge in [0.05, 0.1) is 4.88 Å². The molecule has 1 aliphatic carbocycles. The highest BCUT2D eigenvalue weighted by atomic mass is 32.1. The number of hydrogen-bond acceptors (Lipinski definition) is 5. The lowest BCUT2D eigenvalue weighted by atomic mass is 9.78. The summed E-state index contributed by atoms with van der Waals surface area (Å²) < 4.78 is 0. The maximum atomic E-state index is 12.8. The number of rotatable bonds is 9.